The van der Waals surface area contributed by atoms with E-state index in [-0.39, 0.29) is 25.1 Å². The second-order valence-electron chi connectivity index (χ2n) is 2.48. The van der Waals surface area contributed by atoms with Crippen molar-refractivity contribution in [2.45, 2.75) is 16.7 Å². The van der Waals surface area contributed by atoms with Gasteiger partial charge in [0.2, 0.25) is 0 Å². The fraction of sp³-hybridized carbons (Fsp3) is 0.500. The third kappa shape index (κ3) is 3.87. The number of halogens is 1. The maximum atomic E-state index is 8.68. The molecule has 0 aliphatic rings. The standard InChI is InChI=1S/C8H13NOS2.ClH/c1-11-8-3-2-7(12-8)6(9)4-5-10;/h2-3,6,10H,4-5,9H2,1H3;1H. The molecule has 0 bridgehead atoms. The maximum absolute atomic E-state index is 8.68. The number of hydrogen-bond donors (Lipinski definition) is 2. The van der Waals surface area contributed by atoms with Gasteiger partial charge >= 0.3 is 0 Å². The molecule has 1 heterocycles. The van der Waals surface area contributed by atoms with Crippen molar-refractivity contribution in [2.75, 3.05) is 12.9 Å². The van der Waals surface area contributed by atoms with Crippen LogP contribution in [0.4, 0.5) is 0 Å². The third-order valence-corrected chi connectivity index (χ3v) is 3.91. The van der Waals surface area contributed by atoms with Crippen molar-refractivity contribution < 1.29 is 5.11 Å². The molecule has 0 spiro atoms. The highest BCUT2D eigenvalue weighted by Gasteiger charge is 2.07. The molecule has 13 heavy (non-hydrogen) atoms. The molecule has 1 rings (SSSR count). The van der Waals surface area contributed by atoms with Crippen LogP contribution in [0.5, 0.6) is 0 Å². The van der Waals surface area contributed by atoms with Crippen molar-refractivity contribution in [3.05, 3.63) is 17.0 Å². The Kier molecular flexibility index (Phi) is 6.81. The molecule has 0 aliphatic carbocycles. The van der Waals surface area contributed by atoms with Gasteiger partial charge in [-0.3, -0.25) is 0 Å². The zero-order valence-corrected chi connectivity index (χ0v) is 9.85. The van der Waals surface area contributed by atoms with Crippen LogP contribution in [0.3, 0.4) is 0 Å². The van der Waals surface area contributed by atoms with Crippen molar-refractivity contribution in [3.8, 4) is 0 Å². The lowest BCUT2D eigenvalue weighted by Crippen LogP contribution is -2.09. The minimum atomic E-state index is 0. The van der Waals surface area contributed by atoms with E-state index in [0.717, 1.165) is 4.88 Å². The molecular formula is C8H14ClNOS2. The number of rotatable bonds is 4. The lowest BCUT2D eigenvalue weighted by Gasteiger charge is -2.05. The van der Waals surface area contributed by atoms with Crippen molar-refractivity contribution >= 4 is 35.5 Å². The molecule has 0 aliphatic heterocycles. The van der Waals surface area contributed by atoms with Crippen LogP contribution in [-0.2, 0) is 0 Å². The predicted molar refractivity (Wildman–Crippen MR) is 62.0 cm³/mol. The summed E-state index contributed by atoms with van der Waals surface area (Å²) in [7, 11) is 0. The topological polar surface area (TPSA) is 46.2 Å². The smallest absolute Gasteiger partial charge is 0.0599 e. The monoisotopic (exact) mass is 239 g/mol. The van der Waals surface area contributed by atoms with E-state index >= 15 is 0 Å². The fourth-order valence-corrected chi connectivity index (χ4v) is 2.52. The van der Waals surface area contributed by atoms with Gasteiger partial charge < -0.3 is 10.8 Å². The first-order valence-corrected chi connectivity index (χ1v) is 5.82. The van der Waals surface area contributed by atoms with Crippen molar-refractivity contribution in [2.24, 2.45) is 5.73 Å². The summed E-state index contributed by atoms with van der Waals surface area (Å²) in [6.45, 7) is 0.160. The molecule has 76 valence electrons. The molecule has 2 nitrogen and oxygen atoms in total. The van der Waals surface area contributed by atoms with Crippen molar-refractivity contribution in [1.29, 1.82) is 0 Å². The average Bonchev–Trinajstić information content (AvgIpc) is 2.52. The summed E-state index contributed by atoms with van der Waals surface area (Å²) in [5.74, 6) is 0. The highest BCUT2D eigenvalue weighted by atomic mass is 35.5. The van der Waals surface area contributed by atoms with E-state index < -0.39 is 0 Å². The molecule has 1 unspecified atom stereocenters. The second kappa shape index (κ2) is 6.68. The Bertz CT molecular complexity index is 242. The van der Waals surface area contributed by atoms with Crippen LogP contribution in [0.1, 0.15) is 17.3 Å². The molecule has 1 aromatic rings. The first kappa shape index (κ1) is 13.3. The number of nitrogens with two attached hydrogens (primary N) is 1. The summed E-state index contributed by atoms with van der Waals surface area (Å²) >= 11 is 3.43. The molecule has 5 heteroatoms. The van der Waals surface area contributed by atoms with E-state index in [9.17, 15) is 0 Å². The van der Waals surface area contributed by atoms with Gasteiger partial charge in [-0.2, -0.15) is 0 Å². The Balaban J connectivity index is 0.00000144. The first-order valence-electron chi connectivity index (χ1n) is 3.78. The van der Waals surface area contributed by atoms with Gasteiger partial charge in [0, 0.05) is 17.5 Å². The normalized spacial score (nSPS) is 12.2. The lowest BCUT2D eigenvalue weighted by atomic mass is 10.2. The highest BCUT2D eigenvalue weighted by Crippen LogP contribution is 2.29. The summed E-state index contributed by atoms with van der Waals surface area (Å²) in [6.07, 6.45) is 2.70. The SMILES string of the molecule is CSc1ccc(C(N)CCO)s1.Cl. The molecule has 1 atom stereocenters. The molecule has 1 aromatic heterocycles. The summed E-state index contributed by atoms with van der Waals surface area (Å²) in [4.78, 5) is 1.16. The number of aliphatic hydroxyl groups excluding tert-OH is 1. The molecule has 0 saturated carbocycles. The Morgan fingerprint density at radius 1 is 1.62 bits per heavy atom. The summed E-state index contributed by atoms with van der Waals surface area (Å²) in [5, 5.41) is 8.68. The van der Waals surface area contributed by atoms with Crippen LogP contribution < -0.4 is 5.73 Å². The van der Waals surface area contributed by atoms with E-state index in [1.807, 2.05) is 12.3 Å². The molecule has 0 amide bonds. The van der Waals surface area contributed by atoms with Gasteiger partial charge in [0.05, 0.1) is 4.21 Å². The van der Waals surface area contributed by atoms with Crippen LogP contribution in [0.2, 0.25) is 0 Å². The van der Waals surface area contributed by atoms with E-state index in [0.29, 0.717) is 6.42 Å². The Morgan fingerprint density at radius 2 is 2.31 bits per heavy atom. The third-order valence-electron chi connectivity index (χ3n) is 1.61. The number of hydrogen-bond acceptors (Lipinski definition) is 4. The predicted octanol–water partition coefficient (Wildman–Crippen LogP) is 2.27. The summed E-state index contributed by atoms with van der Waals surface area (Å²) in [6, 6.07) is 4.11. The Labute approximate surface area is 92.9 Å². The van der Waals surface area contributed by atoms with Gasteiger partial charge in [-0.25, -0.2) is 0 Å². The van der Waals surface area contributed by atoms with E-state index in [1.165, 1.54) is 4.21 Å². The van der Waals surface area contributed by atoms with E-state index in [1.54, 1.807) is 23.1 Å². The molecule has 3 N–H and O–H groups in total. The quantitative estimate of drug-likeness (QED) is 0.793. The zero-order chi connectivity index (χ0) is 8.97. The van der Waals surface area contributed by atoms with Crippen molar-refractivity contribution in [1.82, 2.24) is 0 Å². The van der Waals surface area contributed by atoms with Crippen molar-refractivity contribution in [3.63, 3.8) is 0 Å². The van der Waals surface area contributed by atoms with Gasteiger partial charge in [0.1, 0.15) is 0 Å². The molecule has 0 radical (unpaired) electrons. The molecule has 0 saturated heterocycles. The van der Waals surface area contributed by atoms with Crippen LogP contribution in [0.25, 0.3) is 0 Å². The summed E-state index contributed by atoms with van der Waals surface area (Å²) < 4.78 is 1.28. The van der Waals surface area contributed by atoms with Gasteiger partial charge in [-0.15, -0.1) is 35.5 Å². The minimum absolute atomic E-state index is 0. The molecule has 0 aromatic carbocycles. The number of aliphatic hydroxyl groups is 1. The van der Waals surface area contributed by atoms with Gasteiger partial charge in [0.25, 0.3) is 0 Å². The van der Waals surface area contributed by atoms with Crippen LogP contribution in [-0.4, -0.2) is 18.0 Å². The van der Waals surface area contributed by atoms with Gasteiger partial charge in [-0.05, 0) is 24.8 Å². The molecule has 0 fully saturated rings. The lowest BCUT2D eigenvalue weighted by molar-refractivity contribution is 0.277. The van der Waals surface area contributed by atoms with Gasteiger partial charge in [-0.1, -0.05) is 0 Å². The van der Waals surface area contributed by atoms with E-state index in [2.05, 4.69) is 6.07 Å². The Hall–Kier alpha value is 0.260. The van der Waals surface area contributed by atoms with Gasteiger partial charge in [0.15, 0.2) is 0 Å². The Morgan fingerprint density at radius 3 is 2.77 bits per heavy atom. The number of thioether (sulfide) groups is 1. The minimum Gasteiger partial charge on any atom is -0.396 e. The number of thiophene rings is 1. The largest absolute Gasteiger partial charge is 0.396 e. The van der Waals surface area contributed by atoms with Crippen LogP contribution >= 0.6 is 35.5 Å². The molecular weight excluding hydrogens is 226 g/mol. The highest BCUT2D eigenvalue weighted by molar-refractivity contribution is 8.00. The zero-order valence-electron chi connectivity index (χ0n) is 7.40. The van der Waals surface area contributed by atoms with E-state index in [4.69, 9.17) is 10.8 Å². The average molecular weight is 240 g/mol. The summed E-state index contributed by atoms with van der Waals surface area (Å²) in [5.41, 5.74) is 5.81. The second-order valence-corrected chi connectivity index (χ2v) is 4.70. The van der Waals surface area contributed by atoms with Crippen LogP contribution in [0.15, 0.2) is 16.3 Å². The maximum Gasteiger partial charge on any atom is 0.0599 e. The fourth-order valence-electron chi connectivity index (χ4n) is 0.925. The first-order chi connectivity index (χ1) is 5.77. The van der Waals surface area contributed by atoms with Crippen LogP contribution in [0, 0.1) is 0 Å².